The third kappa shape index (κ3) is 3.36. The summed E-state index contributed by atoms with van der Waals surface area (Å²) in [5, 5.41) is 21.6. The molecule has 0 spiro atoms. The molecule has 0 atom stereocenters. The highest BCUT2D eigenvalue weighted by molar-refractivity contribution is 7.89. The number of sulfonamides is 1. The van der Waals surface area contributed by atoms with E-state index in [9.17, 15) is 23.6 Å². The Labute approximate surface area is 147 Å². The summed E-state index contributed by atoms with van der Waals surface area (Å²) in [4.78, 5) is 12.6. The quantitative estimate of drug-likeness (QED) is 0.626. The summed E-state index contributed by atoms with van der Waals surface area (Å²) in [5.74, 6) is 0. The first-order valence-electron chi connectivity index (χ1n) is 8.53. The lowest BCUT2D eigenvalue weighted by Gasteiger charge is -2.47. The number of hydrogen-bond donors (Lipinski definition) is 1. The molecular weight excluding hydrogens is 346 g/mol. The molecule has 2 fully saturated rings. The van der Waals surface area contributed by atoms with Gasteiger partial charge in [-0.2, -0.15) is 4.31 Å². The molecule has 2 saturated heterocycles. The van der Waals surface area contributed by atoms with Crippen LogP contribution in [0.15, 0.2) is 23.1 Å². The van der Waals surface area contributed by atoms with Gasteiger partial charge in [0.2, 0.25) is 10.0 Å². The summed E-state index contributed by atoms with van der Waals surface area (Å²) < 4.78 is 26.8. The highest BCUT2D eigenvalue weighted by Gasteiger charge is 2.42. The zero-order valence-corrected chi connectivity index (χ0v) is 15.0. The second-order valence-electron chi connectivity index (χ2n) is 6.81. The van der Waals surface area contributed by atoms with Gasteiger partial charge in [0.25, 0.3) is 5.69 Å². The lowest BCUT2D eigenvalue weighted by Crippen LogP contribution is -2.61. The molecule has 0 saturated carbocycles. The van der Waals surface area contributed by atoms with Gasteiger partial charge in [-0.3, -0.25) is 10.1 Å². The molecule has 1 N–H and O–H groups in total. The number of β-amino-alcohol motifs (C(OH)–C–C–N with tert-alkyl or cyclic N) is 1. The molecule has 8 nitrogen and oxygen atoms in total. The molecule has 1 aromatic carbocycles. The van der Waals surface area contributed by atoms with E-state index in [2.05, 4.69) is 0 Å². The van der Waals surface area contributed by atoms with Crippen LogP contribution in [0.1, 0.15) is 32.6 Å². The molecule has 2 aliphatic heterocycles. The Morgan fingerprint density at radius 2 is 1.88 bits per heavy atom. The van der Waals surface area contributed by atoms with Crippen LogP contribution >= 0.6 is 0 Å². The molecule has 3 rings (SSSR count). The van der Waals surface area contributed by atoms with Crippen LogP contribution in [0.4, 0.5) is 11.4 Å². The smallest absolute Gasteiger partial charge is 0.293 e. The number of hydrogen-bond acceptors (Lipinski definition) is 6. The van der Waals surface area contributed by atoms with Gasteiger partial charge in [0.1, 0.15) is 5.69 Å². The molecule has 0 amide bonds. The van der Waals surface area contributed by atoms with Gasteiger partial charge in [0, 0.05) is 32.2 Å². The Balaban J connectivity index is 1.91. The van der Waals surface area contributed by atoms with Crippen molar-refractivity contribution in [2.24, 2.45) is 0 Å². The van der Waals surface area contributed by atoms with Crippen LogP contribution in [-0.2, 0) is 10.0 Å². The third-order valence-corrected chi connectivity index (χ3v) is 6.96. The van der Waals surface area contributed by atoms with E-state index < -0.39 is 20.5 Å². The first kappa shape index (κ1) is 18.1. The van der Waals surface area contributed by atoms with Crippen molar-refractivity contribution in [3.63, 3.8) is 0 Å². The Hall–Kier alpha value is -1.71. The van der Waals surface area contributed by atoms with Gasteiger partial charge < -0.3 is 10.0 Å². The maximum atomic E-state index is 12.7. The van der Waals surface area contributed by atoms with Gasteiger partial charge in [-0.15, -0.1) is 0 Å². The highest BCUT2D eigenvalue weighted by Crippen LogP contribution is 2.37. The van der Waals surface area contributed by atoms with Crippen LogP contribution in [0.5, 0.6) is 0 Å². The van der Waals surface area contributed by atoms with Crippen LogP contribution in [-0.4, -0.2) is 54.5 Å². The summed E-state index contributed by atoms with van der Waals surface area (Å²) in [6, 6.07) is 4.04. The van der Waals surface area contributed by atoms with Gasteiger partial charge >= 0.3 is 0 Å². The number of nitro groups is 1. The minimum atomic E-state index is -3.72. The van der Waals surface area contributed by atoms with Crippen LogP contribution in [0, 0.1) is 10.1 Å². The van der Waals surface area contributed by atoms with E-state index in [1.807, 2.05) is 6.92 Å². The number of benzene rings is 1. The highest BCUT2D eigenvalue weighted by atomic mass is 32.2. The van der Waals surface area contributed by atoms with E-state index in [-0.39, 0.29) is 10.6 Å². The molecule has 0 unspecified atom stereocenters. The Morgan fingerprint density at radius 3 is 2.44 bits per heavy atom. The summed E-state index contributed by atoms with van der Waals surface area (Å²) in [7, 11) is -3.72. The topological polar surface area (TPSA) is 104 Å². The van der Waals surface area contributed by atoms with Gasteiger partial charge in [0.05, 0.1) is 15.4 Å². The minimum absolute atomic E-state index is 0.0453. The van der Waals surface area contributed by atoms with Crippen molar-refractivity contribution in [1.82, 2.24) is 4.31 Å². The lowest BCUT2D eigenvalue weighted by atomic mass is 9.90. The van der Waals surface area contributed by atoms with Crippen molar-refractivity contribution in [3.05, 3.63) is 28.3 Å². The van der Waals surface area contributed by atoms with E-state index >= 15 is 0 Å². The average molecular weight is 369 g/mol. The van der Waals surface area contributed by atoms with Crippen LogP contribution in [0.2, 0.25) is 0 Å². The maximum absolute atomic E-state index is 12.7. The zero-order chi connectivity index (χ0) is 18.2. The van der Waals surface area contributed by atoms with Crippen molar-refractivity contribution in [1.29, 1.82) is 0 Å². The lowest BCUT2D eigenvalue weighted by molar-refractivity contribution is -0.384. The molecule has 0 aliphatic carbocycles. The second-order valence-corrected chi connectivity index (χ2v) is 8.74. The molecule has 2 aliphatic rings. The standard InChI is InChI=1S/C16H23N3O5S/c1-2-16(20)11-17(12-16)14-7-6-13(10-15(14)19(21)22)25(23,24)18-8-4-3-5-9-18/h6-7,10,20H,2-5,8-9,11-12H2,1H3. The van der Waals surface area contributed by atoms with Crippen molar-refractivity contribution >= 4 is 21.4 Å². The van der Waals surface area contributed by atoms with E-state index in [1.54, 1.807) is 4.90 Å². The van der Waals surface area contributed by atoms with Crippen molar-refractivity contribution in [2.75, 3.05) is 31.1 Å². The number of piperidine rings is 1. The Morgan fingerprint density at radius 1 is 1.24 bits per heavy atom. The Kier molecular flexibility index (Phi) is 4.74. The number of nitro benzene ring substituents is 1. The number of rotatable bonds is 5. The molecule has 2 heterocycles. The van der Waals surface area contributed by atoms with Crippen LogP contribution < -0.4 is 4.90 Å². The van der Waals surface area contributed by atoms with E-state index in [4.69, 9.17) is 0 Å². The maximum Gasteiger partial charge on any atom is 0.293 e. The molecular formula is C16H23N3O5S. The fraction of sp³-hybridized carbons (Fsp3) is 0.625. The van der Waals surface area contributed by atoms with Crippen molar-refractivity contribution in [2.45, 2.75) is 43.1 Å². The van der Waals surface area contributed by atoms with Gasteiger partial charge in [-0.05, 0) is 31.4 Å². The monoisotopic (exact) mass is 369 g/mol. The average Bonchev–Trinajstić information content (AvgIpc) is 2.59. The molecule has 0 aromatic heterocycles. The summed E-state index contributed by atoms with van der Waals surface area (Å²) in [5.41, 5.74) is -0.719. The van der Waals surface area contributed by atoms with Gasteiger partial charge in [-0.25, -0.2) is 8.42 Å². The SMILES string of the molecule is CCC1(O)CN(c2ccc(S(=O)(=O)N3CCCCC3)cc2[N+](=O)[O-])C1. The Bertz CT molecular complexity index is 768. The molecule has 1 aromatic rings. The predicted molar refractivity (Wildman–Crippen MR) is 93.2 cm³/mol. The summed E-state index contributed by atoms with van der Waals surface area (Å²) in [6.45, 7) is 3.38. The van der Waals surface area contributed by atoms with Gasteiger partial charge in [-0.1, -0.05) is 13.3 Å². The fourth-order valence-electron chi connectivity index (χ4n) is 3.39. The normalized spacial score (nSPS) is 21.0. The third-order valence-electron chi connectivity index (χ3n) is 5.07. The summed E-state index contributed by atoms with van der Waals surface area (Å²) >= 11 is 0. The molecule has 138 valence electrons. The van der Waals surface area contributed by atoms with Crippen molar-refractivity contribution < 1.29 is 18.4 Å². The fourth-order valence-corrected chi connectivity index (χ4v) is 4.93. The van der Waals surface area contributed by atoms with Gasteiger partial charge in [0.15, 0.2) is 0 Å². The number of aliphatic hydroxyl groups is 1. The largest absolute Gasteiger partial charge is 0.386 e. The van der Waals surface area contributed by atoms with E-state index in [1.165, 1.54) is 16.4 Å². The predicted octanol–water partition coefficient (Wildman–Crippen LogP) is 1.73. The first-order chi connectivity index (χ1) is 11.8. The molecule has 0 radical (unpaired) electrons. The number of nitrogens with zero attached hydrogens (tertiary/aromatic N) is 3. The van der Waals surface area contributed by atoms with Crippen molar-refractivity contribution in [3.8, 4) is 0 Å². The number of anilines is 1. The van der Waals surface area contributed by atoms with E-state index in [0.717, 1.165) is 25.3 Å². The summed E-state index contributed by atoms with van der Waals surface area (Å²) in [6.07, 6.45) is 3.19. The first-order valence-corrected chi connectivity index (χ1v) is 9.97. The second kappa shape index (κ2) is 6.54. The van der Waals surface area contributed by atoms with Crippen LogP contribution in [0.3, 0.4) is 0 Å². The molecule has 25 heavy (non-hydrogen) atoms. The van der Waals surface area contributed by atoms with E-state index in [0.29, 0.717) is 38.3 Å². The molecule has 9 heteroatoms. The molecule has 0 bridgehead atoms. The van der Waals surface area contributed by atoms with Crippen LogP contribution in [0.25, 0.3) is 0 Å². The zero-order valence-electron chi connectivity index (χ0n) is 14.2. The minimum Gasteiger partial charge on any atom is -0.386 e.